The molecule has 0 bridgehead atoms. The molecule has 9 heteroatoms. The minimum absolute atomic E-state index is 0.0969. The normalized spacial score (nSPS) is 10.8. The van der Waals surface area contributed by atoms with Crippen molar-refractivity contribution in [2.75, 3.05) is 6.61 Å². The predicted octanol–water partition coefficient (Wildman–Crippen LogP) is 3.92. The highest BCUT2D eigenvalue weighted by Gasteiger charge is 2.44. The smallest absolute Gasteiger partial charge is 0.459 e. The van der Waals surface area contributed by atoms with Gasteiger partial charge in [-0.15, -0.1) is 0 Å². The molecule has 0 atom stereocenters. The Bertz CT molecular complexity index is 763. The lowest BCUT2D eigenvalue weighted by Crippen LogP contribution is -2.36. The number of rotatable bonds is 7. The summed E-state index contributed by atoms with van der Waals surface area (Å²) in [4.78, 5) is 21.3. The van der Waals surface area contributed by atoms with Crippen molar-refractivity contribution in [1.29, 1.82) is 0 Å². The maximum absolute atomic E-state index is 13.7. The molecule has 0 fully saturated rings. The molecule has 0 aliphatic heterocycles. The fraction of sp³-hybridized carbons (Fsp3) is 0.188. The third kappa shape index (κ3) is 4.63. The summed E-state index contributed by atoms with van der Waals surface area (Å²) in [6.45, 7) is 1.17. The van der Waals surface area contributed by atoms with Gasteiger partial charge in [0.05, 0.1) is 11.5 Å². The Morgan fingerprint density at radius 1 is 1.12 bits per heavy atom. The first-order valence-corrected chi connectivity index (χ1v) is 7.09. The molecule has 0 heterocycles. The standard InChI is InChI=1S/C16H13F2NO6/c1-2-23-15(20)16(17,18)25-14-6-4-3-5-13(14)24-12-9-7-11(8-10-12)19(21)22/h3-10H,2H2,1H3. The number of nitro groups is 1. The SMILES string of the molecule is CCOC(=O)C(F)(F)Oc1ccccc1Oc1ccc([N+](=O)[O-])cc1. The Balaban J connectivity index is 2.20. The third-order valence-electron chi connectivity index (χ3n) is 2.88. The molecule has 2 aromatic carbocycles. The number of hydrogen-bond acceptors (Lipinski definition) is 6. The topological polar surface area (TPSA) is 87.9 Å². The predicted molar refractivity (Wildman–Crippen MR) is 81.8 cm³/mol. The van der Waals surface area contributed by atoms with Crippen molar-refractivity contribution in [2.45, 2.75) is 13.0 Å². The minimum atomic E-state index is -4.19. The molecule has 0 unspecified atom stereocenters. The molecule has 0 aliphatic rings. The molecule has 0 saturated heterocycles. The molecule has 132 valence electrons. The van der Waals surface area contributed by atoms with E-state index in [2.05, 4.69) is 9.47 Å². The Labute approximate surface area is 140 Å². The molecular formula is C16H13F2NO6. The van der Waals surface area contributed by atoms with Crippen LogP contribution >= 0.6 is 0 Å². The monoisotopic (exact) mass is 353 g/mol. The molecule has 0 radical (unpaired) electrons. The zero-order valence-corrected chi connectivity index (χ0v) is 13.0. The fourth-order valence-corrected chi connectivity index (χ4v) is 1.78. The molecule has 0 spiro atoms. The lowest BCUT2D eigenvalue weighted by Gasteiger charge is -2.18. The average Bonchev–Trinajstić information content (AvgIpc) is 2.57. The molecular weight excluding hydrogens is 340 g/mol. The second kappa shape index (κ2) is 7.56. The van der Waals surface area contributed by atoms with E-state index in [4.69, 9.17) is 4.74 Å². The fourth-order valence-electron chi connectivity index (χ4n) is 1.78. The highest BCUT2D eigenvalue weighted by molar-refractivity contribution is 5.76. The largest absolute Gasteiger partial charge is 0.502 e. The summed E-state index contributed by atoms with van der Waals surface area (Å²) in [6.07, 6.45) is -4.19. The summed E-state index contributed by atoms with van der Waals surface area (Å²) in [5.74, 6) is -2.14. The maximum atomic E-state index is 13.7. The summed E-state index contributed by atoms with van der Waals surface area (Å²) in [6, 6.07) is 10.5. The number of nitro benzene ring substituents is 1. The summed E-state index contributed by atoms with van der Waals surface area (Å²) in [7, 11) is 0. The number of non-ortho nitro benzene ring substituents is 1. The minimum Gasteiger partial charge on any atom is -0.459 e. The van der Waals surface area contributed by atoms with Crippen LogP contribution in [-0.2, 0) is 9.53 Å². The van der Waals surface area contributed by atoms with Crippen LogP contribution in [0.25, 0.3) is 0 Å². The van der Waals surface area contributed by atoms with Crippen LogP contribution in [0, 0.1) is 10.1 Å². The van der Waals surface area contributed by atoms with E-state index >= 15 is 0 Å². The van der Waals surface area contributed by atoms with Gasteiger partial charge in [0.1, 0.15) is 5.75 Å². The first-order chi connectivity index (χ1) is 11.8. The number of carbonyl (C=O) groups is 1. The second-order valence-corrected chi connectivity index (χ2v) is 4.64. The van der Waals surface area contributed by atoms with Gasteiger partial charge >= 0.3 is 12.1 Å². The van der Waals surface area contributed by atoms with Gasteiger partial charge < -0.3 is 14.2 Å². The van der Waals surface area contributed by atoms with Crippen molar-refractivity contribution in [3.8, 4) is 17.2 Å². The van der Waals surface area contributed by atoms with Gasteiger partial charge in [0.15, 0.2) is 11.5 Å². The van der Waals surface area contributed by atoms with E-state index in [0.717, 1.165) is 0 Å². The number of carbonyl (C=O) groups excluding carboxylic acids is 1. The summed E-state index contributed by atoms with van der Waals surface area (Å²) in [5.41, 5.74) is -0.147. The van der Waals surface area contributed by atoms with E-state index in [1.807, 2.05) is 0 Å². The summed E-state index contributed by atoms with van der Waals surface area (Å²) in [5, 5.41) is 10.6. The van der Waals surface area contributed by atoms with E-state index in [0.29, 0.717) is 0 Å². The Kier molecular flexibility index (Phi) is 5.48. The van der Waals surface area contributed by atoms with Crippen LogP contribution in [0.2, 0.25) is 0 Å². The maximum Gasteiger partial charge on any atom is 0.502 e. The van der Waals surface area contributed by atoms with Crippen molar-refractivity contribution in [2.24, 2.45) is 0 Å². The number of para-hydroxylation sites is 2. The molecule has 0 saturated carbocycles. The first kappa shape index (κ1) is 18.1. The second-order valence-electron chi connectivity index (χ2n) is 4.64. The number of ether oxygens (including phenoxy) is 3. The highest BCUT2D eigenvalue weighted by Crippen LogP contribution is 2.35. The van der Waals surface area contributed by atoms with Gasteiger partial charge in [-0.3, -0.25) is 10.1 Å². The Hall–Kier alpha value is -3.23. The quantitative estimate of drug-likeness (QED) is 0.426. The van der Waals surface area contributed by atoms with Crippen molar-refractivity contribution in [3.05, 3.63) is 58.6 Å². The van der Waals surface area contributed by atoms with Crippen LogP contribution in [0.3, 0.4) is 0 Å². The summed E-state index contributed by atoms with van der Waals surface area (Å²) < 4.78 is 41.5. The molecule has 0 N–H and O–H groups in total. The van der Waals surface area contributed by atoms with Crippen LogP contribution in [0.5, 0.6) is 17.2 Å². The molecule has 25 heavy (non-hydrogen) atoms. The molecule has 2 rings (SSSR count). The molecule has 2 aromatic rings. The number of esters is 1. The van der Waals surface area contributed by atoms with E-state index in [-0.39, 0.29) is 29.5 Å². The zero-order chi connectivity index (χ0) is 18.4. The summed E-state index contributed by atoms with van der Waals surface area (Å²) >= 11 is 0. The van der Waals surface area contributed by atoms with Crippen molar-refractivity contribution in [1.82, 2.24) is 0 Å². The van der Waals surface area contributed by atoms with Crippen LogP contribution in [0.15, 0.2) is 48.5 Å². The molecule has 0 aromatic heterocycles. The van der Waals surface area contributed by atoms with Crippen LogP contribution in [-0.4, -0.2) is 23.6 Å². The van der Waals surface area contributed by atoms with Gasteiger partial charge in [-0.05, 0) is 31.2 Å². The van der Waals surface area contributed by atoms with Gasteiger partial charge in [0.25, 0.3) is 5.69 Å². The molecule has 7 nitrogen and oxygen atoms in total. The van der Waals surface area contributed by atoms with E-state index in [1.54, 1.807) is 0 Å². The highest BCUT2D eigenvalue weighted by atomic mass is 19.3. The first-order valence-electron chi connectivity index (χ1n) is 7.09. The van der Waals surface area contributed by atoms with Crippen LogP contribution in [0.1, 0.15) is 6.92 Å². The number of hydrogen-bond donors (Lipinski definition) is 0. The zero-order valence-electron chi connectivity index (χ0n) is 13.0. The van der Waals surface area contributed by atoms with E-state index in [9.17, 15) is 23.7 Å². The van der Waals surface area contributed by atoms with Crippen molar-refractivity contribution >= 4 is 11.7 Å². The molecule has 0 aliphatic carbocycles. The number of alkyl halides is 2. The lowest BCUT2D eigenvalue weighted by atomic mass is 10.3. The van der Waals surface area contributed by atoms with Crippen molar-refractivity contribution in [3.63, 3.8) is 0 Å². The van der Waals surface area contributed by atoms with E-state index < -0.39 is 17.0 Å². The lowest BCUT2D eigenvalue weighted by molar-refractivity contribution is -0.384. The van der Waals surface area contributed by atoms with Gasteiger partial charge in [-0.25, -0.2) is 4.79 Å². The number of nitrogens with zero attached hydrogens (tertiary/aromatic N) is 1. The van der Waals surface area contributed by atoms with Gasteiger partial charge in [0.2, 0.25) is 0 Å². The Morgan fingerprint density at radius 2 is 1.72 bits per heavy atom. The van der Waals surface area contributed by atoms with Gasteiger partial charge in [-0.1, -0.05) is 12.1 Å². The van der Waals surface area contributed by atoms with Gasteiger partial charge in [-0.2, -0.15) is 8.78 Å². The Morgan fingerprint density at radius 3 is 2.28 bits per heavy atom. The van der Waals surface area contributed by atoms with Gasteiger partial charge in [0, 0.05) is 12.1 Å². The average molecular weight is 353 g/mol. The number of halogens is 2. The van der Waals surface area contributed by atoms with Crippen LogP contribution in [0.4, 0.5) is 14.5 Å². The van der Waals surface area contributed by atoms with E-state index in [1.165, 1.54) is 55.5 Å². The number of benzene rings is 2. The van der Waals surface area contributed by atoms with Crippen molar-refractivity contribution < 1.29 is 32.7 Å². The molecule has 0 amide bonds. The van der Waals surface area contributed by atoms with Crippen LogP contribution < -0.4 is 9.47 Å². The third-order valence-corrected chi connectivity index (χ3v) is 2.88.